The van der Waals surface area contributed by atoms with Gasteiger partial charge in [-0.15, -0.1) is 0 Å². The van der Waals surface area contributed by atoms with Crippen molar-refractivity contribution in [3.63, 3.8) is 0 Å². The molecule has 4 aromatic rings. The average Bonchev–Trinajstić information content (AvgIpc) is 3.38. The van der Waals surface area contributed by atoms with E-state index in [1.165, 1.54) is 6.08 Å². The highest BCUT2D eigenvalue weighted by Gasteiger charge is 2.28. The van der Waals surface area contributed by atoms with Gasteiger partial charge in [0.05, 0.1) is 24.4 Å². The van der Waals surface area contributed by atoms with Crippen LogP contribution in [0.25, 0.3) is 16.6 Å². The Morgan fingerprint density at radius 1 is 1.02 bits per heavy atom. The van der Waals surface area contributed by atoms with E-state index in [1.807, 2.05) is 93.1 Å². The normalized spacial score (nSPS) is 13.5. The smallest absolute Gasteiger partial charge is 0.416 e. The number of aryl methyl sites for hydroxylation is 2. The maximum absolute atomic E-state index is 12.8. The van der Waals surface area contributed by atoms with Gasteiger partial charge in [0.15, 0.2) is 0 Å². The lowest BCUT2D eigenvalue weighted by Crippen LogP contribution is -2.40. The standard InChI is InChI=1S/C35H39N3O5/c1-6-41-32(39)23-31(25-11-9-24(2)10-12-25)37-20-17-27-22-29(15-16-30(27)37)42-21-18-28-14-13-26-8-7-19-38(33(26)36-28)34(40)43-35(3,4)5/h9-17,20,22-23H,6-8,18-19,21H2,1-5H3/b31-23+. The predicted octanol–water partition coefficient (Wildman–Crippen LogP) is 7.11. The van der Waals surface area contributed by atoms with Crippen LogP contribution in [0, 0.1) is 6.92 Å². The quantitative estimate of drug-likeness (QED) is 0.163. The second kappa shape index (κ2) is 12.7. The van der Waals surface area contributed by atoms with Gasteiger partial charge in [0.1, 0.15) is 17.2 Å². The molecule has 0 saturated carbocycles. The summed E-state index contributed by atoms with van der Waals surface area (Å²) in [6, 6.07) is 20.0. The van der Waals surface area contributed by atoms with E-state index in [4.69, 9.17) is 19.2 Å². The third-order valence-electron chi connectivity index (χ3n) is 7.15. The molecule has 224 valence electrons. The molecular formula is C35H39N3O5. The fraction of sp³-hybridized carbons (Fsp3) is 0.343. The lowest BCUT2D eigenvalue weighted by Gasteiger charge is -2.31. The van der Waals surface area contributed by atoms with E-state index in [0.29, 0.717) is 32.0 Å². The van der Waals surface area contributed by atoms with Gasteiger partial charge in [0.2, 0.25) is 0 Å². The van der Waals surface area contributed by atoms with E-state index in [0.717, 1.165) is 57.6 Å². The molecule has 0 saturated heterocycles. The number of benzene rings is 2. The third kappa shape index (κ3) is 7.25. The monoisotopic (exact) mass is 581 g/mol. The fourth-order valence-electron chi connectivity index (χ4n) is 5.12. The molecular weight excluding hydrogens is 542 g/mol. The number of hydrogen-bond donors (Lipinski definition) is 0. The van der Waals surface area contributed by atoms with Gasteiger partial charge in [-0.3, -0.25) is 4.90 Å². The molecule has 8 heteroatoms. The molecule has 0 N–H and O–H groups in total. The lowest BCUT2D eigenvalue weighted by molar-refractivity contribution is -0.137. The molecule has 1 amide bonds. The highest BCUT2D eigenvalue weighted by molar-refractivity contribution is 5.95. The highest BCUT2D eigenvalue weighted by Crippen LogP contribution is 2.29. The Morgan fingerprint density at radius 3 is 2.56 bits per heavy atom. The van der Waals surface area contributed by atoms with Crippen LogP contribution in [0.1, 0.15) is 56.5 Å². The van der Waals surface area contributed by atoms with Crippen LogP contribution in [-0.2, 0) is 27.1 Å². The first-order valence-electron chi connectivity index (χ1n) is 14.8. The molecule has 0 atom stereocenters. The summed E-state index contributed by atoms with van der Waals surface area (Å²) in [4.78, 5) is 31.7. The van der Waals surface area contributed by atoms with Crippen molar-refractivity contribution in [1.29, 1.82) is 0 Å². The molecule has 5 rings (SSSR count). The maximum atomic E-state index is 12.8. The average molecular weight is 582 g/mol. The summed E-state index contributed by atoms with van der Waals surface area (Å²) >= 11 is 0. The number of fused-ring (bicyclic) bond motifs is 2. The van der Waals surface area contributed by atoms with Gasteiger partial charge in [0, 0.05) is 36.3 Å². The summed E-state index contributed by atoms with van der Waals surface area (Å²) in [7, 11) is 0. The Labute approximate surface area is 252 Å². The van der Waals surface area contributed by atoms with Crippen molar-refractivity contribution in [2.45, 2.75) is 59.5 Å². The van der Waals surface area contributed by atoms with Crippen LogP contribution >= 0.6 is 0 Å². The third-order valence-corrected chi connectivity index (χ3v) is 7.15. The zero-order chi connectivity index (χ0) is 30.6. The van der Waals surface area contributed by atoms with Crippen molar-refractivity contribution in [2.75, 3.05) is 24.7 Å². The second-order valence-electron chi connectivity index (χ2n) is 11.7. The number of anilines is 1. The SMILES string of the molecule is CCOC(=O)/C=C(\c1ccc(C)cc1)n1ccc2cc(OCCc3ccc4c(n3)N(C(=O)OC(C)(C)C)CCC4)ccc21. The molecule has 3 heterocycles. The van der Waals surface area contributed by atoms with Crippen LogP contribution in [0.2, 0.25) is 0 Å². The number of carbonyl (C=O) groups is 2. The zero-order valence-corrected chi connectivity index (χ0v) is 25.6. The minimum Gasteiger partial charge on any atom is -0.493 e. The zero-order valence-electron chi connectivity index (χ0n) is 25.6. The highest BCUT2D eigenvalue weighted by atomic mass is 16.6. The minimum atomic E-state index is -0.568. The summed E-state index contributed by atoms with van der Waals surface area (Å²) in [5, 5.41) is 0.985. The molecule has 1 aliphatic heterocycles. The van der Waals surface area contributed by atoms with Gasteiger partial charge in [-0.1, -0.05) is 35.9 Å². The number of esters is 1. The van der Waals surface area contributed by atoms with Crippen molar-refractivity contribution < 1.29 is 23.8 Å². The van der Waals surface area contributed by atoms with Crippen molar-refractivity contribution in [3.05, 3.63) is 95.3 Å². The first-order chi connectivity index (χ1) is 20.6. The molecule has 0 aliphatic carbocycles. The summed E-state index contributed by atoms with van der Waals surface area (Å²) in [5.41, 5.74) is 5.08. The molecule has 0 unspecified atom stereocenters. The van der Waals surface area contributed by atoms with E-state index < -0.39 is 5.60 Å². The van der Waals surface area contributed by atoms with Gasteiger partial charge in [0.25, 0.3) is 0 Å². The van der Waals surface area contributed by atoms with Crippen LogP contribution in [-0.4, -0.2) is 47.0 Å². The molecule has 0 fully saturated rings. The van der Waals surface area contributed by atoms with Crippen LogP contribution in [0.3, 0.4) is 0 Å². The Hall–Kier alpha value is -4.59. The minimum absolute atomic E-state index is 0.312. The van der Waals surface area contributed by atoms with E-state index in [-0.39, 0.29) is 12.1 Å². The molecule has 43 heavy (non-hydrogen) atoms. The number of aromatic nitrogens is 2. The molecule has 8 nitrogen and oxygen atoms in total. The van der Waals surface area contributed by atoms with E-state index in [9.17, 15) is 9.59 Å². The first kappa shape index (κ1) is 29.9. The van der Waals surface area contributed by atoms with Gasteiger partial charge in [-0.05, 0) is 88.9 Å². The Morgan fingerprint density at radius 2 is 1.81 bits per heavy atom. The Balaban J connectivity index is 1.30. The van der Waals surface area contributed by atoms with Crippen molar-refractivity contribution in [1.82, 2.24) is 9.55 Å². The molecule has 2 aromatic carbocycles. The molecule has 2 aromatic heterocycles. The van der Waals surface area contributed by atoms with Crippen LogP contribution < -0.4 is 9.64 Å². The van der Waals surface area contributed by atoms with E-state index >= 15 is 0 Å². The lowest BCUT2D eigenvalue weighted by atomic mass is 10.1. The van der Waals surface area contributed by atoms with Crippen molar-refractivity contribution in [2.24, 2.45) is 0 Å². The second-order valence-corrected chi connectivity index (χ2v) is 11.7. The van der Waals surface area contributed by atoms with Crippen LogP contribution in [0.15, 0.2) is 72.9 Å². The number of carbonyl (C=O) groups excluding carboxylic acids is 2. The summed E-state index contributed by atoms with van der Waals surface area (Å²) in [6.45, 7) is 10.8. The number of nitrogens with zero attached hydrogens (tertiary/aromatic N) is 3. The predicted molar refractivity (Wildman–Crippen MR) is 168 cm³/mol. The van der Waals surface area contributed by atoms with Crippen LogP contribution in [0.4, 0.5) is 10.6 Å². The Kier molecular flexibility index (Phi) is 8.85. The van der Waals surface area contributed by atoms with Gasteiger partial charge < -0.3 is 18.8 Å². The number of ether oxygens (including phenoxy) is 3. The number of amides is 1. The maximum Gasteiger partial charge on any atom is 0.416 e. The number of hydrogen-bond acceptors (Lipinski definition) is 6. The van der Waals surface area contributed by atoms with Crippen molar-refractivity contribution >= 4 is 34.5 Å². The molecule has 1 aliphatic rings. The topological polar surface area (TPSA) is 82.9 Å². The fourth-order valence-corrected chi connectivity index (χ4v) is 5.12. The summed E-state index contributed by atoms with van der Waals surface area (Å²) in [6.07, 6.45) is 5.48. The van der Waals surface area contributed by atoms with E-state index in [1.54, 1.807) is 11.8 Å². The number of rotatable bonds is 8. The molecule has 0 spiro atoms. The van der Waals surface area contributed by atoms with Gasteiger partial charge in [-0.25, -0.2) is 14.6 Å². The van der Waals surface area contributed by atoms with Gasteiger partial charge >= 0.3 is 12.1 Å². The Bertz CT molecular complexity index is 1650. The summed E-state index contributed by atoms with van der Waals surface area (Å²) in [5.74, 6) is 1.04. The van der Waals surface area contributed by atoms with Gasteiger partial charge in [-0.2, -0.15) is 0 Å². The first-order valence-corrected chi connectivity index (χ1v) is 14.8. The van der Waals surface area contributed by atoms with Crippen LogP contribution in [0.5, 0.6) is 5.75 Å². The van der Waals surface area contributed by atoms with E-state index in [2.05, 4.69) is 6.07 Å². The summed E-state index contributed by atoms with van der Waals surface area (Å²) < 4.78 is 19.0. The number of pyridine rings is 1. The molecule has 0 radical (unpaired) electrons. The largest absolute Gasteiger partial charge is 0.493 e. The van der Waals surface area contributed by atoms with Crippen molar-refractivity contribution in [3.8, 4) is 5.75 Å². The molecule has 0 bridgehead atoms.